The highest BCUT2D eigenvalue weighted by atomic mass is 35.5. The number of hydrogen-bond donors (Lipinski definition) is 2. The minimum Gasteiger partial charge on any atom is -0.316 e. The van der Waals surface area contributed by atoms with E-state index in [1.807, 2.05) is 6.92 Å². The number of hydrogen-bond acceptors (Lipinski definition) is 3. The van der Waals surface area contributed by atoms with Crippen LogP contribution in [0.4, 0.5) is 0 Å². The molecule has 1 aliphatic rings. The van der Waals surface area contributed by atoms with Gasteiger partial charge in [-0.3, -0.25) is 0 Å². The average molecular weight is 351 g/mol. The monoisotopic (exact) mass is 350 g/mol. The van der Waals surface area contributed by atoms with E-state index in [4.69, 9.17) is 23.2 Å². The second-order valence-electron chi connectivity index (χ2n) is 5.61. The van der Waals surface area contributed by atoms with Gasteiger partial charge in [-0.1, -0.05) is 36.0 Å². The molecule has 1 atom stereocenters. The maximum absolute atomic E-state index is 12.5. The minimum atomic E-state index is -3.63. The van der Waals surface area contributed by atoms with E-state index in [0.29, 0.717) is 23.0 Å². The fraction of sp³-hybridized carbons (Fsp3) is 0.571. The van der Waals surface area contributed by atoms with Crippen molar-refractivity contribution in [3.05, 3.63) is 27.7 Å². The molecule has 7 heteroatoms. The molecule has 2 rings (SSSR count). The van der Waals surface area contributed by atoms with Crippen LogP contribution in [-0.2, 0) is 16.6 Å². The van der Waals surface area contributed by atoms with E-state index in [-0.39, 0.29) is 16.0 Å². The largest absolute Gasteiger partial charge is 0.316 e. The highest BCUT2D eigenvalue weighted by molar-refractivity contribution is 7.89. The standard InChI is InChI=1S/C14H20Cl2N2O2S/c1-9(5-10-3-4-10)18-21(19,20)14-6-11(8-17-2)12(15)7-13(14)16/h6-7,9-10,17-18H,3-5,8H2,1-2H3. The van der Waals surface area contributed by atoms with Gasteiger partial charge in [0.15, 0.2) is 0 Å². The van der Waals surface area contributed by atoms with Crippen molar-refractivity contribution >= 4 is 33.2 Å². The molecule has 0 aliphatic heterocycles. The summed E-state index contributed by atoms with van der Waals surface area (Å²) in [4.78, 5) is 0.0847. The second kappa shape index (κ2) is 6.84. The van der Waals surface area contributed by atoms with Gasteiger partial charge >= 0.3 is 0 Å². The third kappa shape index (κ3) is 4.57. The number of nitrogens with one attached hydrogen (secondary N) is 2. The van der Waals surface area contributed by atoms with E-state index in [1.165, 1.54) is 25.0 Å². The van der Waals surface area contributed by atoms with E-state index in [0.717, 1.165) is 6.42 Å². The normalized spacial score (nSPS) is 17.0. The van der Waals surface area contributed by atoms with Crippen molar-refractivity contribution in [1.29, 1.82) is 0 Å². The van der Waals surface area contributed by atoms with Gasteiger partial charge in [-0.15, -0.1) is 0 Å². The highest BCUT2D eigenvalue weighted by Crippen LogP contribution is 2.34. The lowest BCUT2D eigenvalue weighted by Crippen LogP contribution is -2.33. The first-order chi connectivity index (χ1) is 9.83. The third-order valence-electron chi connectivity index (χ3n) is 3.50. The quantitative estimate of drug-likeness (QED) is 0.793. The first-order valence-electron chi connectivity index (χ1n) is 6.98. The van der Waals surface area contributed by atoms with Crippen LogP contribution in [-0.4, -0.2) is 21.5 Å². The van der Waals surface area contributed by atoms with Gasteiger partial charge in [0, 0.05) is 17.6 Å². The molecule has 0 radical (unpaired) electrons. The summed E-state index contributed by atoms with van der Waals surface area (Å²) in [6, 6.07) is 2.92. The maximum Gasteiger partial charge on any atom is 0.242 e. The first-order valence-corrected chi connectivity index (χ1v) is 9.22. The van der Waals surface area contributed by atoms with E-state index >= 15 is 0 Å². The molecule has 0 bridgehead atoms. The van der Waals surface area contributed by atoms with Crippen molar-refractivity contribution in [3.8, 4) is 0 Å². The highest BCUT2D eigenvalue weighted by Gasteiger charge is 2.27. The molecule has 1 aromatic rings. The summed E-state index contributed by atoms with van der Waals surface area (Å²) in [5.41, 5.74) is 0.707. The van der Waals surface area contributed by atoms with Gasteiger partial charge in [-0.25, -0.2) is 13.1 Å². The maximum atomic E-state index is 12.5. The lowest BCUT2D eigenvalue weighted by molar-refractivity contribution is 0.530. The zero-order chi connectivity index (χ0) is 15.6. The summed E-state index contributed by atoms with van der Waals surface area (Å²) in [6.45, 7) is 2.37. The van der Waals surface area contributed by atoms with E-state index in [1.54, 1.807) is 7.05 Å². The Morgan fingerprint density at radius 2 is 1.95 bits per heavy atom. The molecule has 0 amide bonds. The second-order valence-corrected chi connectivity index (χ2v) is 8.10. The summed E-state index contributed by atoms with van der Waals surface area (Å²) in [6.07, 6.45) is 3.26. The van der Waals surface area contributed by atoms with Crippen molar-refractivity contribution in [2.24, 2.45) is 5.92 Å². The predicted octanol–water partition coefficient (Wildman–Crippen LogP) is 3.18. The van der Waals surface area contributed by atoms with Gasteiger partial charge in [0.1, 0.15) is 4.90 Å². The predicted molar refractivity (Wildman–Crippen MR) is 86.4 cm³/mol. The van der Waals surface area contributed by atoms with E-state index in [9.17, 15) is 8.42 Å². The summed E-state index contributed by atoms with van der Waals surface area (Å²) >= 11 is 12.1. The van der Waals surface area contributed by atoms with Crippen LogP contribution in [0.5, 0.6) is 0 Å². The zero-order valence-corrected chi connectivity index (χ0v) is 14.4. The first kappa shape index (κ1) is 17.0. The van der Waals surface area contributed by atoms with Crippen LogP contribution >= 0.6 is 23.2 Å². The van der Waals surface area contributed by atoms with Gasteiger partial charge in [-0.2, -0.15) is 0 Å². The van der Waals surface area contributed by atoms with Crippen molar-refractivity contribution in [2.45, 2.75) is 43.7 Å². The number of rotatable bonds is 7. The minimum absolute atomic E-state index is 0.0847. The molecule has 1 aromatic carbocycles. The summed E-state index contributed by atoms with van der Waals surface area (Å²) in [5.74, 6) is 0.656. The molecule has 21 heavy (non-hydrogen) atoms. The van der Waals surface area contributed by atoms with Gasteiger partial charge in [0.2, 0.25) is 10.0 Å². The van der Waals surface area contributed by atoms with Crippen molar-refractivity contribution in [3.63, 3.8) is 0 Å². The molecule has 1 unspecified atom stereocenters. The van der Waals surface area contributed by atoms with E-state index in [2.05, 4.69) is 10.0 Å². The Morgan fingerprint density at radius 3 is 2.52 bits per heavy atom. The molecule has 1 fully saturated rings. The average Bonchev–Trinajstić information content (AvgIpc) is 3.15. The molecule has 4 nitrogen and oxygen atoms in total. The number of benzene rings is 1. The Bertz CT molecular complexity index is 616. The third-order valence-corrected chi connectivity index (χ3v) is 5.90. The van der Waals surface area contributed by atoms with Gasteiger partial charge in [0.05, 0.1) is 5.02 Å². The van der Waals surface area contributed by atoms with Gasteiger partial charge in [-0.05, 0) is 44.0 Å². The van der Waals surface area contributed by atoms with Gasteiger partial charge in [0.25, 0.3) is 0 Å². The molecule has 0 spiro atoms. The molecule has 0 aromatic heterocycles. The summed E-state index contributed by atoms with van der Waals surface area (Å²) in [5, 5.41) is 3.56. The summed E-state index contributed by atoms with van der Waals surface area (Å²) < 4.78 is 27.6. The molecule has 1 saturated carbocycles. The smallest absolute Gasteiger partial charge is 0.242 e. The Morgan fingerprint density at radius 1 is 1.29 bits per heavy atom. The lowest BCUT2D eigenvalue weighted by Gasteiger charge is -2.16. The van der Waals surface area contributed by atoms with Crippen molar-refractivity contribution < 1.29 is 8.42 Å². The molecule has 2 N–H and O–H groups in total. The van der Waals surface area contributed by atoms with Gasteiger partial charge < -0.3 is 5.32 Å². The molecule has 1 aliphatic carbocycles. The molecule has 0 heterocycles. The number of sulfonamides is 1. The molecular formula is C14H20Cl2N2O2S. The van der Waals surface area contributed by atoms with Crippen LogP contribution in [0.2, 0.25) is 10.0 Å². The lowest BCUT2D eigenvalue weighted by atomic mass is 10.2. The fourth-order valence-corrected chi connectivity index (χ4v) is 4.45. The Kier molecular flexibility index (Phi) is 5.54. The Balaban J connectivity index is 2.23. The summed E-state index contributed by atoms with van der Waals surface area (Å²) in [7, 11) is -1.86. The zero-order valence-electron chi connectivity index (χ0n) is 12.1. The van der Waals surface area contributed by atoms with Crippen LogP contribution in [0.25, 0.3) is 0 Å². The van der Waals surface area contributed by atoms with Crippen LogP contribution in [0.15, 0.2) is 17.0 Å². The Hall–Kier alpha value is -0.330. The van der Waals surface area contributed by atoms with Crippen molar-refractivity contribution in [1.82, 2.24) is 10.0 Å². The molecular weight excluding hydrogens is 331 g/mol. The van der Waals surface area contributed by atoms with Crippen LogP contribution < -0.4 is 10.0 Å². The van der Waals surface area contributed by atoms with Crippen LogP contribution in [0.1, 0.15) is 31.7 Å². The SMILES string of the molecule is CNCc1cc(S(=O)(=O)NC(C)CC2CC2)c(Cl)cc1Cl. The number of halogens is 2. The van der Waals surface area contributed by atoms with Crippen LogP contribution in [0.3, 0.4) is 0 Å². The van der Waals surface area contributed by atoms with E-state index < -0.39 is 10.0 Å². The molecule has 118 valence electrons. The van der Waals surface area contributed by atoms with Crippen LogP contribution in [0, 0.1) is 5.92 Å². The van der Waals surface area contributed by atoms with Crippen molar-refractivity contribution in [2.75, 3.05) is 7.05 Å². The fourth-order valence-electron chi connectivity index (χ4n) is 2.33. The Labute approximate surface area is 136 Å². The molecule has 0 saturated heterocycles. The topological polar surface area (TPSA) is 58.2 Å².